The molecule has 2 N–H and O–H groups in total. The fourth-order valence-corrected chi connectivity index (χ4v) is 2.33. The van der Waals surface area contributed by atoms with Gasteiger partial charge in [-0.2, -0.15) is 5.10 Å². The second-order valence-corrected chi connectivity index (χ2v) is 5.28. The molecule has 1 aromatic heterocycles. The number of esters is 1. The highest BCUT2D eigenvalue weighted by Gasteiger charge is 2.07. The Morgan fingerprint density at radius 1 is 1.39 bits per heavy atom. The maximum absolute atomic E-state index is 11.3. The van der Waals surface area contributed by atoms with Crippen molar-refractivity contribution in [3.63, 3.8) is 0 Å². The molecule has 0 unspecified atom stereocenters. The van der Waals surface area contributed by atoms with Crippen LogP contribution >= 0.6 is 11.3 Å². The Labute approximate surface area is 136 Å². The monoisotopic (exact) mass is 333 g/mol. The molecule has 1 aromatic carbocycles. The zero-order chi connectivity index (χ0) is 16.7. The number of ether oxygens (including phenoxy) is 1. The highest BCUT2D eigenvalue weighted by atomic mass is 32.1. The third-order valence-electron chi connectivity index (χ3n) is 2.71. The molecule has 0 saturated heterocycles. The lowest BCUT2D eigenvalue weighted by atomic mass is 10.1. The van der Waals surface area contributed by atoms with E-state index in [1.807, 2.05) is 0 Å². The normalized spacial score (nSPS) is 10.7. The van der Waals surface area contributed by atoms with Crippen LogP contribution in [-0.4, -0.2) is 34.9 Å². The first kappa shape index (κ1) is 16.6. The number of nitrogens with one attached hydrogen (secondary N) is 1. The molecule has 0 amide bonds. The van der Waals surface area contributed by atoms with Gasteiger partial charge in [0.25, 0.3) is 0 Å². The van der Waals surface area contributed by atoms with Gasteiger partial charge >= 0.3 is 11.9 Å². The molecular formula is C15H15N3O4S. The molecule has 0 fully saturated rings. The van der Waals surface area contributed by atoms with E-state index in [2.05, 4.69) is 15.5 Å². The molecule has 7 nitrogen and oxygen atoms in total. The summed E-state index contributed by atoms with van der Waals surface area (Å²) < 4.78 is 4.85. The number of carbonyl (C=O) groups excluding carboxylic acids is 1. The average molecular weight is 333 g/mol. The van der Waals surface area contributed by atoms with E-state index in [-0.39, 0.29) is 18.0 Å². The van der Waals surface area contributed by atoms with Gasteiger partial charge in [0, 0.05) is 5.38 Å². The predicted molar refractivity (Wildman–Crippen MR) is 87.1 cm³/mol. The molecular weight excluding hydrogens is 318 g/mol. The molecule has 8 heteroatoms. The third-order valence-corrected chi connectivity index (χ3v) is 3.51. The van der Waals surface area contributed by atoms with Gasteiger partial charge in [0.05, 0.1) is 30.5 Å². The van der Waals surface area contributed by atoms with Crippen molar-refractivity contribution in [1.29, 1.82) is 0 Å². The minimum absolute atomic E-state index is 0.131. The average Bonchev–Trinajstić information content (AvgIpc) is 2.95. The second kappa shape index (κ2) is 8.04. The molecule has 23 heavy (non-hydrogen) atoms. The molecule has 0 aliphatic carbocycles. The summed E-state index contributed by atoms with van der Waals surface area (Å²) in [4.78, 5) is 26.3. The number of carbonyl (C=O) groups is 2. The van der Waals surface area contributed by atoms with Gasteiger partial charge in [-0.1, -0.05) is 12.1 Å². The van der Waals surface area contributed by atoms with Gasteiger partial charge in [0.2, 0.25) is 5.13 Å². The largest absolute Gasteiger partial charge is 0.478 e. The highest BCUT2D eigenvalue weighted by molar-refractivity contribution is 7.13. The van der Waals surface area contributed by atoms with Crippen molar-refractivity contribution in [3.8, 4) is 0 Å². The summed E-state index contributed by atoms with van der Waals surface area (Å²) in [5.41, 5.74) is 4.36. The SMILES string of the molecule is CCOC(=O)Cc1csc(N/N=C\c2ccc(C(=O)O)cc2)n1. The summed E-state index contributed by atoms with van der Waals surface area (Å²) in [7, 11) is 0. The van der Waals surface area contributed by atoms with Crippen molar-refractivity contribution in [1.82, 2.24) is 4.98 Å². The number of hydrogen-bond donors (Lipinski definition) is 2. The van der Waals surface area contributed by atoms with Gasteiger partial charge in [-0.05, 0) is 24.6 Å². The van der Waals surface area contributed by atoms with Crippen LogP contribution in [0.1, 0.15) is 28.5 Å². The standard InChI is InChI=1S/C15H15N3O4S/c1-2-22-13(19)7-12-9-23-15(17-12)18-16-8-10-3-5-11(6-4-10)14(20)21/h3-6,8-9H,2,7H2,1H3,(H,17,18)(H,20,21)/b16-8-. The molecule has 1 heterocycles. The lowest BCUT2D eigenvalue weighted by molar-refractivity contribution is -0.142. The van der Waals surface area contributed by atoms with Crippen LogP contribution in [0.15, 0.2) is 34.7 Å². The molecule has 0 atom stereocenters. The van der Waals surface area contributed by atoms with Crippen LogP contribution in [-0.2, 0) is 16.0 Å². The number of thiazole rings is 1. The Hall–Kier alpha value is -2.74. The number of rotatable bonds is 7. The summed E-state index contributed by atoms with van der Waals surface area (Å²) in [5.74, 6) is -1.28. The molecule has 120 valence electrons. The van der Waals surface area contributed by atoms with E-state index in [0.717, 1.165) is 5.56 Å². The minimum Gasteiger partial charge on any atom is -0.478 e. The van der Waals surface area contributed by atoms with Gasteiger partial charge < -0.3 is 9.84 Å². The maximum atomic E-state index is 11.3. The van der Waals surface area contributed by atoms with Gasteiger partial charge in [-0.15, -0.1) is 11.3 Å². The molecule has 2 aromatic rings. The minimum atomic E-state index is -0.969. The van der Waals surface area contributed by atoms with E-state index in [4.69, 9.17) is 9.84 Å². The van der Waals surface area contributed by atoms with Crippen LogP contribution in [0.2, 0.25) is 0 Å². The summed E-state index contributed by atoms with van der Waals surface area (Å²) in [6, 6.07) is 6.32. The van der Waals surface area contributed by atoms with E-state index >= 15 is 0 Å². The number of aromatic carboxylic acids is 1. The third kappa shape index (κ3) is 5.19. The Bertz CT molecular complexity index is 710. The Morgan fingerprint density at radius 2 is 2.13 bits per heavy atom. The van der Waals surface area contributed by atoms with Crippen molar-refractivity contribution >= 4 is 34.6 Å². The van der Waals surface area contributed by atoms with Gasteiger partial charge in [0.1, 0.15) is 0 Å². The van der Waals surface area contributed by atoms with Crippen molar-refractivity contribution in [2.45, 2.75) is 13.3 Å². The number of hydrogen-bond acceptors (Lipinski definition) is 7. The van der Waals surface area contributed by atoms with Crippen LogP contribution in [0.5, 0.6) is 0 Å². The molecule has 0 bridgehead atoms. The van der Waals surface area contributed by atoms with Crippen LogP contribution in [0.3, 0.4) is 0 Å². The van der Waals surface area contributed by atoms with Gasteiger partial charge in [-0.3, -0.25) is 10.2 Å². The smallest absolute Gasteiger partial charge is 0.335 e. The summed E-state index contributed by atoms with van der Waals surface area (Å²) in [6.45, 7) is 2.10. The number of carboxylic acid groups (broad SMARTS) is 1. The van der Waals surface area contributed by atoms with Gasteiger partial charge in [-0.25, -0.2) is 9.78 Å². The number of carboxylic acids is 1. The summed E-state index contributed by atoms with van der Waals surface area (Å²) in [5, 5.41) is 15.2. The zero-order valence-electron chi connectivity index (χ0n) is 12.4. The summed E-state index contributed by atoms with van der Waals surface area (Å²) in [6.07, 6.45) is 1.68. The van der Waals surface area contributed by atoms with E-state index < -0.39 is 5.97 Å². The Morgan fingerprint density at radius 3 is 2.78 bits per heavy atom. The van der Waals surface area contributed by atoms with Crippen molar-refractivity contribution in [3.05, 3.63) is 46.5 Å². The molecule has 0 radical (unpaired) electrons. The fourth-order valence-electron chi connectivity index (χ4n) is 1.67. The molecule has 2 rings (SSSR count). The lowest BCUT2D eigenvalue weighted by Gasteiger charge is -1.98. The van der Waals surface area contributed by atoms with E-state index in [1.165, 1.54) is 23.5 Å². The van der Waals surface area contributed by atoms with Crippen molar-refractivity contribution < 1.29 is 19.4 Å². The zero-order valence-corrected chi connectivity index (χ0v) is 13.2. The first-order valence-electron chi connectivity index (χ1n) is 6.81. The topological polar surface area (TPSA) is 101 Å². The predicted octanol–water partition coefficient (Wildman–Crippen LogP) is 2.39. The van der Waals surface area contributed by atoms with Crippen molar-refractivity contribution in [2.24, 2.45) is 5.10 Å². The molecule has 0 aliphatic heterocycles. The highest BCUT2D eigenvalue weighted by Crippen LogP contribution is 2.16. The van der Waals surface area contributed by atoms with E-state index in [0.29, 0.717) is 17.4 Å². The van der Waals surface area contributed by atoms with Gasteiger partial charge in [0.15, 0.2) is 0 Å². The Balaban J connectivity index is 1.89. The second-order valence-electron chi connectivity index (χ2n) is 4.42. The number of hydrazone groups is 1. The number of nitrogens with zero attached hydrogens (tertiary/aromatic N) is 2. The van der Waals surface area contributed by atoms with E-state index in [9.17, 15) is 9.59 Å². The molecule has 0 aliphatic rings. The van der Waals surface area contributed by atoms with E-state index in [1.54, 1.807) is 30.7 Å². The van der Waals surface area contributed by atoms with Crippen LogP contribution in [0.4, 0.5) is 5.13 Å². The number of benzene rings is 1. The lowest BCUT2D eigenvalue weighted by Crippen LogP contribution is -2.07. The number of anilines is 1. The quantitative estimate of drug-likeness (QED) is 0.458. The molecule has 0 spiro atoms. The fraction of sp³-hybridized carbons (Fsp3) is 0.200. The first-order chi connectivity index (χ1) is 11.1. The first-order valence-corrected chi connectivity index (χ1v) is 7.69. The van der Waals surface area contributed by atoms with Crippen LogP contribution in [0.25, 0.3) is 0 Å². The number of aromatic nitrogens is 1. The van der Waals surface area contributed by atoms with Crippen LogP contribution in [0, 0.1) is 0 Å². The van der Waals surface area contributed by atoms with Crippen molar-refractivity contribution in [2.75, 3.05) is 12.0 Å². The maximum Gasteiger partial charge on any atom is 0.335 e. The molecule has 0 saturated carbocycles. The van der Waals surface area contributed by atoms with Crippen LogP contribution < -0.4 is 5.43 Å². The Kier molecular flexibility index (Phi) is 5.81. The summed E-state index contributed by atoms with van der Waals surface area (Å²) >= 11 is 1.33.